The molecule has 0 heterocycles. The summed E-state index contributed by atoms with van der Waals surface area (Å²) in [5, 5.41) is 3.52. The van der Waals surface area contributed by atoms with E-state index in [9.17, 15) is 0 Å². The van der Waals surface area contributed by atoms with Gasteiger partial charge in [-0.2, -0.15) is 0 Å². The highest BCUT2D eigenvalue weighted by Gasteiger charge is 2.02. The van der Waals surface area contributed by atoms with Gasteiger partial charge in [0.1, 0.15) is 5.75 Å². The van der Waals surface area contributed by atoms with Crippen LogP contribution in [0.25, 0.3) is 0 Å². The number of benzene rings is 1. The Morgan fingerprint density at radius 1 is 1.43 bits per heavy atom. The van der Waals surface area contributed by atoms with Crippen molar-refractivity contribution in [2.45, 2.75) is 26.3 Å². The topological polar surface area (TPSA) is 21.3 Å². The quantitative estimate of drug-likeness (QED) is 0.773. The van der Waals surface area contributed by atoms with Crippen molar-refractivity contribution in [1.29, 1.82) is 0 Å². The van der Waals surface area contributed by atoms with E-state index in [-0.39, 0.29) is 0 Å². The van der Waals surface area contributed by atoms with Gasteiger partial charge in [0.2, 0.25) is 0 Å². The van der Waals surface area contributed by atoms with E-state index in [2.05, 4.69) is 19.2 Å². The first-order valence-corrected chi connectivity index (χ1v) is 5.16. The number of ether oxygens (including phenoxy) is 1. The second-order valence-electron chi connectivity index (χ2n) is 3.16. The molecule has 0 aliphatic carbocycles. The van der Waals surface area contributed by atoms with Crippen molar-refractivity contribution in [3.05, 3.63) is 30.3 Å². The molecular weight excluding hydrogens is 194 g/mol. The third-order valence-electron chi connectivity index (χ3n) is 1.93. The standard InChI is InChI=1S/C11H15NOS/c1-3-9(2)12-11(14)13-10-7-5-4-6-8-10/h4-9H,3H2,1-2H3,(H,12,14). The summed E-state index contributed by atoms with van der Waals surface area (Å²) < 4.78 is 5.41. The lowest BCUT2D eigenvalue weighted by molar-refractivity contribution is 0.503. The summed E-state index contributed by atoms with van der Waals surface area (Å²) in [7, 11) is 0. The molecule has 1 atom stereocenters. The van der Waals surface area contributed by atoms with E-state index in [0.717, 1.165) is 12.2 Å². The van der Waals surface area contributed by atoms with Crippen LogP contribution in [0.5, 0.6) is 5.75 Å². The highest BCUT2D eigenvalue weighted by atomic mass is 32.1. The fourth-order valence-electron chi connectivity index (χ4n) is 0.928. The molecule has 3 heteroatoms. The van der Waals surface area contributed by atoms with Crippen molar-refractivity contribution in [1.82, 2.24) is 5.32 Å². The van der Waals surface area contributed by atoms with E-state index < -0.39 is 0 Å². The molecule has 0 bridgehead atoms. The van der Waals surface area contributed by atoms with Gasteiger partial charge in [-0.05, 0) is 37.7 Å². The summed E-state index contributed by atoms with van der Waals surface area (Å²) in [6.45, 7) is 4.17. The van der Waals surface area contributed by atoms with Crippen LogP contribution in [0.3, 0.4) is 0 Å². The first-order valence-electron chi connectivity index (χ1n) is 4.75. The summed E-state index contributed by atoms with van der Waals surface area (Å²) >= 11 is 5.05. The molecule has 2 nitrogen and oxygen atoms in total. The maximum absolute atomic E-state index is 5.41. The van der Waals surface area contributed by atoms with Crippen molar-refractivity contribution in [2.24, 2.45) is 0 Å². The van der Waals surface area contributed by atoms with Gasteiger partial charge in [0.05, 0.1) is 0 Å². The van der Waals surface area contributed by atoms with Crippen molar-refractivity contribution < 1.29 is 4.74 Å². The van der Waals surface area contributed by atoms with Gasteiger partial charge >= 0.3 is 0 Å². The molecule has 0 saturated heterocycles. The number of nitrogens with one attached hydrogen (secondary N) is 1. The van der Waals surface area contributed by atoms with E-state index in [1.54, 1.807) is 0 Å². The zero-order chi connectivity index (χ0) is 10.4. The molecule has 0 aliphatic heterocycles. The summed E-state index contributed by atoms with van der Waals surface area (Å²) in [4.78, 5) is 0. The van der Waals surface area contributed by atoms with Crippen LogP contribution in [0, 0.1) is 0 Å². The first-order chi connectivity index (χ1) is 6.72. The largest absolute Gasteiger partial charge is 0.432 e. The molecule has 0 spiro atoms. The normalized spacial score (nSPS) is 11.9. The van der Waals surface area contributed by atoms with Crippen molar-refractivity contribution in [3.63, 3.8) is 0 Å². The molecule has 1 unspecified atom stereocenters. The van der Waals surface area contributed by atoms with E-state index >= 15 is 0 Å². The SMILES string of the molecule is CCC(C)NC(=S)Oc1ccccc1. The Kier molecular flexibility index (Phi) is 4.40. The minimum absolute atomic E-state index is 0.353. The predicted octanol–water partition coefficient (Wildman–Crippen LogP) is 2.74. The second-order valence-corrected chi connectivity index (χ2v) is 3.53. The van der Waals surface area contributed by atoms with Gasteiger partial charge in [-0.1, -0.05) is 25.1 Å². The molecule has 0 amide bonds. The average Bonchev–Trinajstić information content (AvgIpc) is 2.19. The van der Waals surface area contributed by atoms with Gasteiger partial charge in [-0.15, -0.1) is 0 Å². The minimum Gasteiger partial charge on any atom is -0.432 e. The Hall–Kier alpha value is -1.09. The molecule has 1 aromatic rings. The van der Waals surface area contributed by atoms with Crippen LogP contribution in [0.1, 0.15) is 20.3 Å². The molecule has 0 radical (unpaired) electrons. The van der Waals surface area contributed by atoms with Crippen LogP contribution < -0.4 is 10.1 Å². The summed E-state index contributed by atoms with van der Waals surface area (Å²) in [5.41, 5.74) is 0. The number of hydrogen-bond acceptors (Lipinski definition) is 2. The number of rotatable bonds is 3. The van der Waals surface area contributed by atoms with Crippen LogP contribution in [0.2, 0.25) is 0 Å². The van der Waals surface area contributed by atoms with Crippen molar-refractivity contribution in [3.8, 4) is 5.75 Å². The smallest absolute Gasteiger partial charge is 0.262 e. The van der Waals surface area contributed by atoms with Crippen molar-refractivity contribution in [2.75, 3.05) is 0 Å². The Morgan fingerprint density at radius 2 is 2.07 bits per heavy atom. The first kappa shape index (κ1) is 11.0. The zero-order valence-electron chi connectivity index (χ0n) is 8.49. The molecular formula is C11H15NOS. The third kappa shape index (κ3) is 3.75. The highest BCUT2D eigenvalue weighted by Crippen LogP contribution is 2.08. The van der Waals surface area contributed by atoms with Crippen LogP contribution >= 0.6 is 12.2 Å². The number of hydrogen-bond donors (Lipinski definition) is 1. The van der Waals surface area contributed by atoms with E-state index in [1.807, 2.05) is 30.3 Å². The predicted molar refractivity (Wildman–Crippen MR) is 62.6 cm³/mol. The Balaban J connectivity index is 2.42. The molecule has 14 heavy (non-hydrogen) atoms. The molecule has 1 aromatic carbocycles. The number of para-hydroxylation sites is 1. The summed E-state index contributed by atoms with van der Waals surface area (Å²) in [5.74, 6) is 0.772. The van der Waals surface area contributed by atoms with Gasteiger partial charge in [0, 0.05) is 6.04 Å². The molecule has 0 saturated carbocycles. The fourth-order valence-corrected chi connectivity index (χ4v) is 1.23. The monoisotopic (exact) mass is 209 g/mol. The lowest BCUT2D eigenvalue weighted by Crippen LogP contribution is -2.34. The lowest BCUT2D eigenvalue weighted by atomic mass is 10.3. The second kappa shape index (κ2) is 5.60. The lowest BCUT2D eigenvalue weighted by Gasteiger charge is -2.13. The molecule has 0 fully saturated rings. The van der Waals surface area contributed by atoms with E-state index in [1.165, 1.54) is 0 Å². The molecule has 0 aliphatic rings. The maximum atomic E-state index is 5.41. The van der Waals surface area contributed by atoms with Gasteiger partial charge in [-0.3, -0.25) is 0 Å². The van der Waals surface area contributed by atoms with E-state index in [0.29, 0.717) is 11.2 Å². The van der Waals surface area contributed by atoms with Crippen LogP contribution in [0.15, 0.2) is 30.3 Å². The van der Waals surface area contributed by atoms with Crippen LogP contribution in [0.4, 0.5) is 0 Å². The van der Waals surface area contributed by atoms with Crippen LogP contribution in [-0.4, -0.2) is 11.2 Å². The molecule has 0 aromatic heterocycles. The Labute approximate surface area is 90.3 Å². The highest BCUT2D eigenvalue weighted by molar-refractivity contribution is 7.80. The maximum Gasteiger partial charge on any atom is 0.262 e. The number of thiocarbonyl (C=S) groups is 1. The van der Waals surface area contributed by atoms with Gasteiger partial charge < -0.3 is 10.1 Å². The van der Waals surface area contributed by atoms with Crippen molar-refractivity contribution >= 4 is 17.4 Å². The molecule has 1 N–H and O–H groups in total. The fraction of sp³-hybridized carbons (Fsp3) is 0.364. The van der Waals surface area contributed by atoms with E-state index in [4.69, 9.17) is 17.0 Å². The Morgan fingerprint density at radius 3 is 2.64 bits per heavy atom. The average molecular weight is 209 g/mol. The Bertz CT molecular complexity index is 287. The van der Waals surface area contributed by atoms with Gasteiger partial charge in [-0.25, -0.2) is 0 Å². The van der Waals surface area contributed by atoms with Crippen LogP contribution in [-0.2, 0) is 0 Å². The third-order valence-corrected chi connectivity index (χ3v) is 2.13. The molecule has 76 valence electrons. The summed E-state index contributed by atoms with van der Waals surface area (Å²) in [6.07, 6.45) is 1.03. The summed E-state index contributed by atoms with van der Waals surface area (Å²) in [6, 6.07) is 9.89. The molecule has 1 rings (SSSR count). The minimum atomic E-state index is 0.353. The zero-order valence-corrected chi connectivity index (χ0v) is 9.30. The van der Waals surface area contributed by atoms with Gasteiger partial charge in [0.15, 0.2) is 0 Å². The van der Waals surface area contributed by atoms with Gasteiger partial charge in [0.25, 0.3) is 5.17 Å².